The Bertz CT molecular complexity index is 851. The van der Waals surface area contributed by atoms with Gasteiger partial charge >= 0.3 is 5.97 Å². The quantitative estimate of drug-likeness (QED) is 0.610. The summed E-state index contributed by atoms with van der Waals surface area (Å²) < 4.78 is 26.1. The molecular weight excluding hydrogens is 378 g/mol. The molecule has 2 rings (SSSR count). The average molecular weight is 403 g/mol. The van der Waals surface area contributed by atoms with Crippen molar-refractivity contribution in [1.29, 1.82) is 0 Å². The number of benzene rings is 2. The summed E-state index contributed by atoms with van der Waals surface area (Å²) >= 11 is 0. The topological polar surface area (TPSA) is 92.3 Å². The van der Waals surface area contributed by atoms with Crippen LogP contribution < -0.4 is 19.5 Å². The minimum atomic E-state index is -0.618. The molecule has 0 heterocycles. The van der Waals surface area contributed by atoms with Crippen LogP contribution >= 0.6 is 0 Å². The minimum Gasteiger partial charge on any atom is -0.496 e. The van der Waals surface area contributed by atoms with Crippen molar-refractivity contribution in [3.63, 3.8) is 0 Å². The molecule has 0 saturated carbocycles. The van der Waals surface area contributed by atoms with Gasteiger partial charge in [-0.2, -0.15) is 0 Å². The number of ether oxygens (including phenoxy) is 5. The average Bonchev–Trinajstić information content (AvgIpc) is 2.75. The molecule has 1 N–H and O–H groups in total. The van der Waals surface area contributed by atoms with Crippen LogP contribution in [0.3, 0.4) is 0 Å². The van der Waals surface area contributed by atoms with E-state index in [4.69, 9.17) is 23.7 Å². The fourth-order valence-corrected chi connectivity index (χ4v) is 2.56. The van der Waals surface area contributed by atoms with E-state index in [1.807, 2.05) is 6.92 Å². The normalized spacial score (nSPS) is 10.2. The summed E-state index contributed by atoms with van der Waals surface area (Å²) in [6.45, 7) is 2.29. The number of carbonyl (C=O) groups is 2. The van der Waals surface area contributed by atoms with Crippen molar-refractivity contribution in [2.45, 2.75) is 13.5 Å². The van der Waals surface area contributed by atoms with Gasteiger partial charge in [-0.25, -0.2) is 4.79 Å². The van der Waals surface area contributed by atoms with Crippen molar-refractivity contribution in [3.05, 3.63) is 47.5 Å². The first-order valence-corrected chi connectivity index (χ1v) is 8.96. The van der Waals surface area contributed by atoms with Crippen molar-refractivity contribution in [1.82, 2.24) is 0 Å². The fourth-order valence-electron chi connectivity index (χ4n) is 2.56. The zero-order chi connectivity index (χ0) is 21.2. The molecule has 0 radical (unpaired) electrons. The number of carbonyl (C=O) groups excluding carboxylic acids is 2. The highest BCUT2D eigenvalue weighted by Gasteiger charge is 2.14. The van der Waals surface area contributed by atoms with Gasteiger partial charge in [0.25, 0.3) is 5.91 Å². The number of esters is 1. The van der Waals surface area contributed by atoms with E-state index < -0.39 is 18.5 Å². The number of methoxy groups -OCH3 is 3. The van der Waals surface area contributed by atoms with Crippen molar-refractivity contribution in [2.24, 2.45) is 0 Å². The van der Waals surface area contributed by atoms with Crippen LogP contribution in [0.15, 0.2) is 36.4 Å². The highest BCUT2D eigenvalue weighted by molar-refractivity contribution is 5.95. The van der Waals surface area contributed by atoms with Gasteiger partial charge in [-0.05, 0) is 37.3 Å². The summed E-state index contributed by atoms with van der Waals surface area (Å²) in [6, 6.07) is 9.80. The monoisotopic (exact) mass is 403 g/mol. The lowest BCUT2D eigenvalue weighted by Gasteiger charge is -2.12. The molecule has 2 aromatic carbocycles. The molecule has 0 spiro atoms. The van der Waals surface area contributed by atoms with E-state index in [9.17, 15) is 9.59 Å². The molecule has 2 aromatic rings. The van der Waals surface area contributed by atoms with Crippen LogP contribution in [0.25, 0.3) is 0 Å². The Kier molecular flexibility index (Phi) is 8.29. The van der Waals surface area contributed by atoms with Crippen molar-refractivity contribution in [2.75, 3.05) is 39.9 Å². The number of nitrogens with one attached hydrogen (secondary N) is 1. The molecule has 0 aliphatic heterocycles. The van der Waals surface area contributed by atoms with Gasteiger partial charge in [-0.3, -0.25) is 4.79 Å². The molecule has 8 nitrogen and oxygen atoms in total. The third-order valence-electron chi connectivity index (χ3n) is 3.98. The maximum Gasteiger partial charge on any atom is 0.338 e. The number of amides is 1. The van der Waals surface area contributed by atoms with E-state index in [1.54, 1.807) is 43.5 Å². The standard InChI is InChI=1S/C21H25NO7/c1-5-28-12-15-10-14(6-8-17(15)25-2)21(24)29-13-20(23)22-16-7-9-18(26-3)19(11-16)27-4/h6-11H,5,12-13H2,1-4H3,(H,22,23). The lowest BCUT2D eigenvalue weighted by molar-refractivity contribution is -0.119. The van der Waals surface area contributed by atoms with Gasteiger partial charge in [0.05, 0.1) is 33.5 Å². The minimum absolute atomic E-state index is 0.305. The predicted octanol–water partition coefficient (Wildman–Crippen LogP) is 3.04. The predicted molar refractivity (Wildman–Crippen MR) is 107 cm³/mol. The van der Waals surface area contributed by atoms with E-state index >= 15 is 0 Å². The third kappa shape index (κ3) is 6.11. The van der Waals surface area contributed by atoms with Crippen LogP contribution in [-0.4, -0.2) is 46.4 Å². The van der Waals surface area contributed by atoms with E-state index in [0.29, 0.717) is 41.7 Å². The van der Waals surface area contributed by atoms with E-state index in [-0.39, 0.29) is 0 Å². The van der Waals surface area contributed by atoms with Gasteiger partial charge in [-0.1, -0.05) is 0 Å². The van der Waals surface area contributed by atoms with Crippen molar-refractivity contribution in [3.8, 4) is 17.2 Å². The van der Waals surface area contributed by atoms with Crippen LogP contribution in [0, 0.1) is 0 Å². The van der Waals surface area contributed by atoms with Gasteiger partial charge in [0.2, 0.25) is 0 Å². The number of hydrogen-bond donors (Lipinski definition) is 1. The molecule has 156 valence electrons. The smallest absolute Gasteiger partial charge is 0.338 e. The molecule has 0 saturated heterocycles. The summed E-state index contributed by atoms with van der Waals surface area (Å²) in [6.07, 6.45) is 0. The molecule has 29 heavy (non-hydrogen) atoms. The Morgan fingerprint density at radius 3 is 2.24 bits per heavy atom. The van der Waals surface area contributed by atoms with E-state index in [2.05, 4.69) is 5.32 Å². The summed E-state index contributed by atoms with van der Waals surface area (Å²) in [5.41, 5.74) is 1.52. The zero-order valence-corrected chi connectivity index (χ0v) is 16.9. The fraction of sp³-hybridized carbons (Fsp3) is 0.333. The molecular formula is C21H25NO7. The largest absolute Gasteiger partial charge is 0.496 e. The highest BCUT2D eigenvalue weighted by atomic mass is 16.5. The molecule has 0 aliphatic rings. The van der Waals surface area contributed by atoms with Crippen LogP contribution in [0.2, 0.25) is 0 Å². The van der Waals surface area contributed by atoms with Gasteiger partial charge in [0.1, 0.15) is 5.75 Å². The first-order chi connectivity index (χ1) is 14.0. The first-order valence-electron chi connectivity index (χ1n) is 8.96. The van der Waals surface area contributed by atoms with Gasteiger partial charge in [-0.15, -0.1) is 0 Å². The molecule has 0 aliphatic carbocycles. The van der Waals surface area contributed by atoms with Crippen LogP contribution in [0.1, 0.15) is 22.8 Å². The Hall–Kier alpha value is -3.26. The van der Waals surface area contributed by atoms with Gasteiger partial charge in [0, 0.05) is 23.9 Å². The highest BCUT2D eigenvalue weighted by Crippen LogP contribution is 2.29. The van der Waals surface area contributed by atoms with Gasteiger partial charge < -0.3 is 29.0 Å². The lowest BCUT2D eigenvalue weighted by Crippen LogP contribution is -2.21. The Labute approximate surface area is 169 Å². The lowest BCUT2D eigenvalue weighted by atomic mass is 10.1. The first kappa shape index (κ1) is 22.0. The third-order valence-corrected chi connectivity index (χ3v) is 3.98. The summed E-state index contributed by atoms with van der Waals surface area (Å²) in [5, 5.41) is 2.64. The maximum atomic E-state index is 12.3. The molecule has 0 atom stereocenters. The molecule has 0 unspecified atom stereocenters. The Morgan fingerprint density at radius 1 is 0.897 bits per heavy atom. The Balaban J connectivity index is 1.97. The Morgan fingerprint density at radius 2 is 1.59 bits per heavy atom. The van der Waals surface area contributed by atoms with Crippen LogP contribution in [0.4, 0.5) is 5.69 Å². The van der Waals surface area contributed by atoms with Crippen LogP contribution in [-0.2, 0) is 20.9 Å². The van der Waals surface area contributed by atoms with Crippen molar-refractivity contribution >= 4 is 17.6 Å². The van der Waals surface area contributed by atoms with Gasteiger partial charge in [0.15, 0.2) is 18.1 Å². The number of rotatable bonds is 10. The second kappa shape index (κ2) is 10.9. The summed E-state index contributed by atoms with van der Waals surface area (Å²) in [7, 11) is 4.57. The molecule has 0 fully saturated rings. The second-order valence-corrected chi connectivity index (χ2v) is 5.86. The summed E-state index contributed by atoms with van der Waals surface area (Å²) in [4.78, 5) is 24.4. The van der Waals surface area contributed by atoms with E-state index in [0.717, 1.165) is 5.56 Å². The number of hydrogen-bond acceptors (Lipinski definition) is 7. The maximum absolute atomic E-state index is 12.3. The molecule has 1 amide bonds. The van der Waals surface area contributed by atoms with Crippen LogP contribution in [0.5, 0.6) is 17.2 Å². The summed E-state index contributed by atoms with van der Waals surface area (Å²) in [5.74, 6) is 0.532. The molecule has 0 bridgehead atoms. The second-order valence-electron chi connectivity index (χ2n) is 5.86. The molecule has 8 heteroatoms. The number of anilines is 1. The van der Waals surface area contributed by atoms with E-state index in [1.165, 1.54) is 14.2 Å². The van der Waals surface area contributed by atoms with Crippen molar-refractivity contribution < 1.29 is 33.3 Å². The zero-order valence-electron chi connectivity index (χ0n) is 16.9. The SMILES string of the molecule is CCOCc1cc(C(=O)OCC(=O)Nc2ccc(OC)c(OC)c2)ccc1OC. The molecule has 0 aromatic heterocycles.